The smallest absolute Gasteiger partial charge is 0.171 e. The van der Waals surface area contributed by atoms with Gasteiger partial charge in [-0.1, -0.05) is 139 Å². The first-order chi connectivity index (χ1) is 27.3. The van der Waals surface area contributed by atoms with Gasteiger partial charge in [0.2, 0.25) is 0 Å². The molecule has 1 N–H and O–H groups in total. The maximum atomic E-state index is 5.50. The minimum Gasteiger partial charge on any atom is -0.341 e. The zero-order valence-electron chi connectivity index (χ0n) is 31.9. The number of rotatable bonds is 7. The van der Waals surface area contributed by atoms with E-state index in [1.165, 1.54) is 53.8 Å². The molecule has 5 atom stereocenters. The molecule has 0 fully saturated rings. The molecule has 4 nitrogen and oxygen atoms in total. The maximum absolute atomic E-state index is 5.50. The third-order valence-electron chi connectivity index (χ3n) is 13.2. The van der Waals surface area contributed by atoms with E-state index < -0.39 is 0 Å². The van der Waals surface area contributed by atoms with Crippen molar-refractivity contribution in [2.45, 2.75) is 82.8 Å². The van der Waals surface area contributed by atoms with Crippen molar-refractivity contribution < 1.29 is 0 Å². The van der Waals surface area contributed by atoms with E-state index in [9.17, 15) is 0 Å². The number of nitrogens with zero attached hydrogens (tertiary/aromatic N) is 3. The largest absolute Gasteiger partial charge is 0.341 e. The molecular formula is C51H52N4. The SMILES string of the molecule is C1=CC[C@@H](C2=CC(C3N=C(c4ccccc4)NC(c4ccccc4)=N3)=C(N3C4=C(CC(C5CC=CCC5)C=C4)C4C=C(C5=CCCC=C5)CCC43)CC2)C=C1. The molecule has 4 unspecified atom stereocenters. The van der Waals surface area contributed by atoms with E-state index in [4.69, 9.17) is 9.98 Å². The molecule has 2 aromatic carbocycles. The average Bonchev–Trinajstić information content (AvgIpc) is 3.60. The number of hydrogen-bond donors (Lipinski definition) is 1. The number of amidine groups is 2. The van der Waals surface area contributed by atoms with E-state index in [1.54, 1.807) is 11.1 Å². The first-order valence-electron chi connectivity index (χ1n) is 21.0. The molecule has 0 saturated heterocycles. The van der Waals surface area contributed by atoms with Crippen molar-refractivity contribution in [1.82, 2.24) is 10.2 Å². The zero-order chi connectivity index (χ0) is 36.6. The predicted octanol–water partition coefficient (Wildman–Crippen LogP) is 11.4. The topological polar surface area (TPSA) is 40.0 Å². The van der Waals surface area contributed by atoms with Gasteiger partial charge in [0.05, 0.1) is 0 Å². The van der Waals surface area contributed by atoms with Gasteiger partial charge in [0.25, 0.3) is 0 Å². The first-order valence-corrected chi connectivity index (χ1v) is 21.0. The molecule has 0 amide bonds. The van der Waals surface area contributed by atoms with Crippen LogP contribution in [-0.4, -0.2) is 28.8 Å². The molecule has 0 spiro atoms. The summed E-state index contributed by atoms with van der Waals surface area (Å²) >= 11 is 0. The first kappa shape index (κ1) is 34.3. The lowest BCUT2D eigenvalue weighted by Gasteiger charge is -2.39. The van der Waals surface area contributed by atoms with Gasteiger partial charge in [-0.15, -0.1) is 0 Å². The van der Waals surface area contributed by atoms with Crippen LogP contribution in [0, 0.1) is 23.7 Å². The maximum Gasteiger partial charge on any atom is 0.171 e. The van der Waals surface area contributed by atoms with Crippen molar-refractivity contribution in [2.24, 2.45) is 33.7 Å². The Morgan fingerprint density at radius 3 is 2.24 bits per heavy atom. The fourth-order valence-corrected chi connectivity index (χ4v) is 10.4. The second-order valence-electron chi connectivity index (χ2n) is 16.5. The summed E-state index contributed by atoms with van der Waals surface area (Å²) in [5.74, 6) is 3.94. The van der Waals surface area contributed by atoms with Crippen LogP contribution in [-0.2, 0) is 0 Å². The second-order valence-corrected chi connectivity index (χ2v) is 16.5. The van der Waals surface area contributed by atoms with Gasteiger partial charge < -0.3 is 10.2 Å². The van der Waals surface area contributed by atoms with Gasteiger partial charge in [-0.2, -0.15) is 0 Å². The summed E-state index contributed by atoms with van der Waals surface area (Å²) in [6, 6.07) is 21.6. The van der Waals surface area contributed by atoms with Gasteiger partial charge in [-0.05, 0) is 105 Å². The Kier molecular flexibility index (Phi) is 9.43. The van der Waals surface area contributed by atoms with Crippen LogP contribution in [0.3, 0.4) is 0 Å². The Labute approximate surface area is 327 Å². The molecule has 0 bridgehead atoms. The Bertz CT molecular complexity index is 2140. The van der Waals surface area contributed by atoms with Crippen LogP contribution in [0.2, 0.25) is 0 Å². The van der Waals surface area contributed by atoms with Crippen molar-refractivity contribution in [3.8, 4) is 0 Å². The summed E-state index contributed by atoms with van der Waals surface area (Å²) < 4.78 is 0. The van der Waals surface area contributed by atoms with Gasteiger partial charge in [0.15, 0.2) is 6.17 Å². The Balaban J connectivity index is 1.12. The van der Waals surface area contributed by atoms with Crippen LogP contribution in [0.15, 0.2) is 189 Å². The normalized spacial score (nSPS) is 28.9. The molecular weight excluding hydrogens is 669 g/mol. The van der Waals surface area contributed by atoms with Crippen molar-refractivity contribution in [1.29, 1.82) is 0 Å². The van der Waals surface area contributed by atoms with Crippen molar-refractivity contribution in [3.05, 3.63) is 190 Å². The number of aliphatic imine (C=N–C) groups is 2. The average molecular weight is 721 g/mol. The van der Waals surface area contributed by atoms with Gasteiger partial charge in [0.1, 0.15) is 11.7 Å². The van der Waals surface area contributed by atoms with E-state index in [2.05, 4.69) is 150 Å². The molecule has 4 heteroatoms. The molecule has 2 aliphatic heterocycles. The van der Waals surface area contributed by atoms with Gasteiger partial charge >= 0.3 is 0 Å². The van der Waals surface area contributed by atoms with E-state index >= 15 is 0 Å². The highest BCUT2D eigenvalue weighted by molar-refractivity contribution is 6.16. The van der Waals surface area contributed by atoms with E-state index in [-0.39, 0.29) is 6.17 Å². The fourth-order valence-electron chi connectivity index (χ4n) is 10.4. The van der Waals surface area contributed by atoms with Gasteiger partial charge in [-0.3, -0.25) is 0 Å². The Morgan fingerprint density at radius 1 is 0.709 bits per heavy atom. The number of fused-ring (bicyclic) bond motifs is 2. The number of hydrogen-bond acceptors (Lipinski definition) is 4. The Morgan fingerprint density at radius 2 is 1.53 bits per heavy atom. The third-order valence-corrected chi connectivity index (χ3v) is 13.2. The minimum absolute atomic E-state index is 0.357. The van der Waals surface area contributed by atoms with Crippen LogP contribution < -0.4 is 5.32 Å². The molecule has 8 aliphatic rings. The van der Waals surface area contributed by atoms with Crippen LogP contribution in [0.5, 0.6) is 0 Å². The molecule has 276 valence electrons. The molecule has 0 saturated carbocycles. The summed E-state index contributed by atoms with van der Waals surface area (Å²) in [7, 11) is 0. The van der Waals surface area contributed by atoms with E-state index in [1.807, 2.05) is 0 Å². The van der Waals surface area contributed by atoms with Gasteiger partial charge in [-0.25, -0.2) is 9.98 Å². The zero-order valence-corrected chi connectivity index (χ0v) is 31.9. The summed E-state index contributed by atoms with van der Waals surface area (Å²) in [6.07, 6.45) is 43.8. The van der Waals surface area contributed by atoms with Gasteiger partial charge in [0, 0.05) is 46.0 Å². The molecule has 10 rings (SSSR count). The lowest BCUT2D eigenvalue weighted by molar-refractivity contribution is 0.278. The van der Waals surface area contributed by atoms with Crippen LogP contribution in [0.1, 0.15) is 81.8 Å². The highest BCUT2D eigenvalue weighted by atomic mass is 15.2. The Hall–Kier alpha value is -5.22. The molecule has 0 aromatic heterocycles. The minimum atomic E-state index is -0.357. The number of nitrogens with one attached hydrogen (secondary N) is 1. The monoisotopic (exact) mass is 720 g/mol. The summed E-state index contributed by atoms with van der Waals surface area (Å²) in [4.78, 5) is 13.8. The van der Waals surface area contributed by atoms with Crippen LogP contribution in [0.25, 0.3) is 0 Å². The number of benzene rings is 2. The van der Waals surface area contributed by atoms with Crippen molar-refractivity contribution in [3.63, 3.8) is 0 Å². The number of allylic oxidation sites excluding steroid dienone is 15. The van der Waals surface area contributed by atoms with E-state index in [0.29, 0.717) is 23.8 Å². The predicted molar refractivity (Wildman–Crippen MR) is 227 cm³/mol. The lowest BCUT2D eigenvalue weighted by atomic mass is 9.73. The third kappa shape index (κ3) is 6.75. The van der Waals surface area contributed by atoms with Crippen molar-refractivity contribution in [2.75, 3.05) is 0 Å². The van der Waals surface area contributed by atoms with E-state index in [0.717, 1.165) is 73.7 Å². The quantitative estimate of drug-likeness (QED) is 0.289. The molecule has 55 heavy (non-hydrogen) atoms. The van der Waals surface area contributed by atoms with Crippen LogP contribution in [0.4, 0.5) is 0 Å². The lowest BCUT2D eigenvalue weighted by Crippen LogP contribution is -2.40. The molecule has 0 radical (unpaired) electrons. The summed E-state index contributed by atoms with van der Waals surface area (Å²) in [5.41, 5.74) is 12.5. The fraction of sp³-hybridized carbons (Fsp3) is 0.333. The highest BCUT2D eigenvalue weighted by Gasteiger charge is 2.45. The standard InChI is InChI=1S/C51H52N4/c1-6-16-35(17-7-1)40-26-29-46-43(32-40)44-33-41(36-18-8-2-9-19-36)27-30-47(44)55(46)48-31-28-42(37-20-10-3-11-21-37)34-45(48)51-53-49(38-22-12-4-13-23-38)52-50(54-51)39-24-14-5-15-25-39/h1,3-6,8,10-15,18-20,22-26,29,33-35,37,40,44,47,51H,2,7,9,16-17,21,27-28,30-32H2,(H,52,53,54)/t35?,37-,40?,44?,47?/m0/s1. The molecule has 2 heterocycles. The van der Waals surface area contributed by atoms with Crippen molar-refractivity contribution >= 4 is 11.7 Å². The summed E-state index contributed by atoms with van der Waals surface area (Å²) in [6.45, 7) is 0. The highest BCUT2D eigenvalue weighted by Crippen LogP contribution is 2.52. The summed E-state index contributed by atoms with van der Waals surface area (Å²) in [5, 5.41) is 3.66. The molecule has 2 aromatic rings. The second kappa shape index (κ2) is 15.1. The van der Waals surface area contributed by atoms with Crippen LogP contribution >= 0.6 is 0 Å². The molecule has 6 aliphatic carbocycles.